The Kier molecular flexibility index (Phi) is 7.34. The first-order valence-electron chi connectivity index (χ1n) is 7.29. The molecule has 0 bridgehead atoms. The minimum Gasteiger partial charge on any atom is -0.383 e. The molecule has 1 rings (SSSR count). The summed E-state index contributed by atoms with van der Waals surface area (Å²) < 4.78 is 5.10. The van der Waals surface area contributed by atoms with E-state index < -0.39 is 0 Å². The molecule has 0 aromatic carbocycles. The number of amides is 1. The van der Waals surface area contributed by atoms with Gasteiger partial charge in [-0.15, -0.1) is 0 Å². The van der Waals surface area contributed by atoms with Crippen molar-refractivity contribution >= 4 is 5.91 Å². The summed E-state index contributed by atoms with van der Waals surface area (Å²) in [7, 11) is 1.72. The molecule has 1 atom stereocenters. The van der Waals surface area contributed by atoms with Crippen LogP contribution in [0.5, 0.6) is 0 Å². The lowest BCUT2D eigenvalue weighted by atomic mass is 10.0. The van der Waals surface area contributed by atoms with E-state index in [9.17, 15) is 4.79 Å². The molecule has 5 heteroatoms. The topological polar surface area (TPSA) is 58.8 Å². The predicted octanol–water partition coefficient (Wildman–Crippen LogP) is 0.541. The first kappa shape index (κ1) is 16.4. The van der Waals surface area contributed by atoms with Gasteiger partial charge in [-0.1, -0.05) is 13.8 Å². The molecule has 1 fully saturated rings. The van der Waals surface area contributed by atoms with Crippen LogP contribution in [0.1, 0.15) is 26.7 Å². The van der Waals surface area contributed by atoms with Crippen molar-refractivity contribution in [2.24, 2.45) is 11.7 Å². The zero-order valence-electron chi connectivity index (χ0n) is 12.6. The summed E-state index contributed by atoms with van der Waals surface area (Å²) in [5.74, 6) is 0.559. The number of nitrogens with zero attached hydrogens (tertiary/aromatic N) is 2. The van der Waals surface area contributed by atoms with Gasteiger partial charge in [0.05, 0.1) is 6.61 Å². The van der Waals surface area contributed by atoms with Crippen LogP contribution in [0.2, 0.25) is 0 Å². The summed E-state index contributed by atoms with van der Waals surface area (Å²) in [5, 5.41) is 0. The standard InChI is InChI=1S/C14H29N3O2/c1-12(2)13(15)11-14(18)17-6-4-5-16(7-8-17)9-10-19-3/h12-13H,4-11,15H2,1-3H3. The van der Waals surface area contributed by atoms with E-state index >= 15 is 0 Å². The molecule has 2 N–H and O–H groups in total. The van der Waals surface area contributed by atoms with Crippen molar-refractivity contribution in [1.82, 2.24) is 9.80 Å². The molecule has 1 amide bonds. The summed E-state index contributed by atoms with van der Waals surface area (Å²) in [6.45, 7) is 9.48. The quantitative estimate of drug-likeness (QED) is 0.766. The fraction of sp³-hybridized carbons (Fsp3) is 0.929. The molecule has 1 aliphatic heterocycles. The van der Waals surface area contributed by atoms with Gasteiger partial charge in [-0.3, -0.25) is 9.69 Å². The molecule has 0 radical (unpaired) electrons. The number of ether oxygens (including phenoxy) is 1. The van der Waals surface area contributed by atoms with Crippen molar-refractivity contribution in [3.8, 4) is 0 Å². The lowest BCUT2D eigenvalue weighted by Gasteiger charge is -2.24. The summed E-state index contributed by atoms with van der Waals surface area (Å²) in [4.78, 5) is 16.5. The molecule has 1 unspecified atom stereocenters. The average molecular weight is 271 g/mol. The lowest BCUT2D eigenvalue weighted by molar-refractivity contribution is -0.131. The lowest BCUT2D eigenvalue weighted by Crippen LogP contribution is -2.40. The Bertz CT molecular complexity index is 271. The summed E-state index contributed by atoms with van der Waals surface area (Å²) in [6.07, 6.45) is 1.50. The fourth-order valence-corrected chi connectivity index (χ4v) is 2.23. The van der Waals surface area contributed by atoms with E-state index in [1.807, 2.05) is 4.90 Å². The van der Waals surface area contributed by atoms with E-state index in [1.54, 1.807) is 7.11 Å². The zero-order valence-corrected chi connectivity index (χ0v) is 12.6. The minimum absolute atomic E-state index is 0.0275. The normalized spacial score (nSPS) is 19.5. The third kappa shape index (κ3) is 5.89. The Morgan fingerprint density at radius 1 is 1.26 bits per heavy atom. The van der Waals surface area contributed by atoms with Crippen LogP contribution in [0.4, 0.5) is 0 Å². The van der Waals surface area contributed by atoms with Gasteiger partial charge < -0.3 is 15.4 Å². The molecule has 0 spiro atoms. The number of rotatable bonds is 6. The van der Waals surface area contributed by atoms with Gasteiger partial charge >= 0.3 is 0 Å². The number of hydrogen-bond donors (Lipinski definition) is 1. The minimum atomic E-state index is -0.0275. The van der Waals surface area contributed by atoms with E-state index in [2.05, 4.69) is 18.7 Å². The smallest absolute Gasteiger partial charge is 0.224 e. The number of methoxy groups -OCH3 is 1. The first-order chi connectivity index (χ1) is 9.04. The van der Waals surface area contributed by atoms with Crippen LogP contribution in [0.3, 0.4) is 0 Å². The van der Waals surface area contributed by atoms with Gasteiger partial charge in [0.2, 0.25) is 5.91 Å². The Morgan fingerprint density at radius 3 is 2.63 bits per heavy atom. The second-order valence-corrected chi connectivity index (χ2v) is 5.68. The fourth-order valence-electron chi connectivity index (χ4n) is 2.23. The zero-order chi connectivity index (χ0) is 14.3. The highest BCUT2D eigenvalue weighted by molar-refractivity contribution is 5.76. The van der Waals surface area contributed by atoms with Gasteiger partial charge in [0.25, 0.3) is 0 Å². The van der Waals surface area contributed by atoms with Crippen LogP contribution in [-0.2, 0) is 9.53 Å². The Labute approximate surface area is 117 Å². The summed E-state index contributed by atoms with van der Waals surface area (Å²) >= 11 is 0. The van der Waals surface area contributed by atoms with Crippen LogP contribution in [-0.4, -0.2) is 68.2 Å². The molecular formula is C14H29N3O2. The molecule has 19 heavy (non-hydrogen) atoms. The Balaban J connectivity index is 2.37. The highest BCUT2D eigenvalue weighted by atomic mass is 16.5. The largest absolute Gasteiger partial charge is 0.383 e. The van der Waals surface area contributed by atoms with E-state index in [-0.39, 0.29) is 11.9 Å². The third-order valence-corrected chi connectivity index (χ3v) is 3.82. The molecule has 5 nitrogen and oxygen atoms in total. The average Bonchev–Trinajstić information content (AvgIpc) is 2.61. The maximum absolute atomic E-state index is 12.2. The maximum atomic E-state index is 12.2. The van der Waals surface area contributed by atoms with E-state index in [4.69, 9.17) is 10.5 Å². The molecule has 1 saturated heterocycles. The van der Waals surface area contributed by atoms with Crippen molar-refractivity contribution < 1.29 is 9.53 Å². The molecule has 1 heterocycles. The Hall–Kier alpha value is -0.650. The Morgan fingerprint density at radius 2 is 2.00 bits per heavy atom. The highest BCUT2D eigenvalue weighted by Crippen LogP contribution is 2.09. The molecule has 0 aromatic heterocycles. The van der Waals surface area contributed by atoms with Crippen molar-refractivity contribution in [3.05, 3.63) is 0 Å². The number of carbonyl (C=O) groups excluding carboxylic acids is 1. The van der Waals surface area contributed by atoms with Gasteiger partial charge in [0, 0.05) is 45.8 Å². The van der Waals surface area contributed by atoms with Crippen LogP contribution in [0, 0.1) is 5.92 Å². The van der Waals surface area contributed by atoms with Crippen LogP contribution >= 0.6 is 0 Å². The van der Waals surface area contributed by atoms with Crippen LogP contribution in [0.25, 0.3) is 0 Å². The number of nitrogens with two attached hydrogens (primary N) is 1. The van der Waals surface area contributed by atoms with E-state index in [1.165, 1.54) is 0 Å². The SMILES string of the molecule is COCCN1CCCN(C(=O)CC(N)C(C)C)CC1. The van der Waals surface area contributed by atoms with Gasteiger partial charge in [-0.05, 0) is 18.9 Å². The summed E-state index contributed by atoms with van der Waals surface area (Å²) in [6, 6.07) is -0.0275. The van der Waals surface area contributed by atoms with Gasteiger partial charge in [-0.2, -0.15) is 0 Å². The molecule has 1 aliphatic rings. The number of hydrogen-bond acceptors (Lipinski definition) is 4. The van der Waals surface area contributed by atoms with E-state index in [0.29, 0.717) is 12.3 Å². The second-order valence-electron chi connectivity index (χ2n) is 5.68. The molecule has 0 saturated carbocycles. The van der Waals surface area contributed by atoms with Crippen LogP contribution in [0.15, 0.2) is 0 Å². The molecule has 0 aliphatic carbocycles. The first-order valence-corrected chi connectivity index (χ1v) is 7.29. The van der Waals surface area contributed by atoms with Gasteiger partial charge in [0.15, 0.2) is 0 Å². The van der Waals surface area contributed by atoms with Crippen LogP contribution < -0.4 is 5.73 Å². The third-order valence-electron chi connectivity index (χ3n) is 3.82. The predicted molar refractivity (Wildman–Crippen MR) is 76.9 cm³/mol. The summed E-state index contributed by atoms with van der Waals surface area (Å²) in [5.41, 5.74) is 5.98. The van der Waals surface area contributed by atoms with E-state index in [0.717, 1.165) is 45.8 Å². The number of carbonyl (C=O) groups is 1. The van der Waals surface area contributed by atoms with Crippen molar-refractivity contribution in [2.45, 2.75) is 32.7 Å². The van der Waals surface area contributed by atoms with Gasteiger partial charge in [-0.25, -0.2) is 0 Å². The maximum Gasteiger partial charge on any atom is 0.224 e. The van der Waals surface area contributed by atoms with Crippen molar-refractivity contribution in [2.75, 3.05) is 46.4 Å². The van der Waals surface area contributed by atoms with Crippen molar-refractivity contribution in [1.29, 1.82) is 0 Å². The molecular weight excluding hydrogens is 242 g/mol. The van der Waals surface area contributed by atoms with Gasteiger partial charge in [0.1, 0.15) is 0 Å². The monoisotopic (exact) mass is 271 g/mol. The molecule has 112 valence electrons. The van der Waals surface area contributed by atoms with Crippen molar-refractivity contribution in [3.63, 3.8) is 0 Å². The molecule has 0 aromatic rings. The second kappa shape index (κ2) is 8.51. The highest BCUT2D eigenvalue weighted by Gasteiger charge is 2.21.